The first-order chi connectivity index (χ1) is 18.2. The second-order valence-electron chi connectivity index (χ2n) is 8.19. The zero-order valence-corrected chi connectivity index (χ0v) is 22.2. The highest BCUT2D eigenvalue weighted by Gasteiger charge is 2.26. The van der Waals surface area contributed by atoms with Crippen LogP contribution in [0.5, 0.6) is 11.5 Å². The molecule has 0 atom stereocenters. The number of nitrogens with zero attached hydrogens (tertiary/aromatic N) is 2. The predicted molar refractivity (Wildman–Crippen MR) is 145 cm³/mol. The van der Waals surface area contributed by atoms with Gasteiger partial charge in [0, 0.05) is 19.2 Å². The third kappa shape index (κ3) is 7.89. The number of methoxy groups -OCH3 is 2. The van der Waals surface area contributed by atoms with Gasteiger partial charge in [0.05, 0.1) is 31.9 Å². The molecule has 0 unspecified atom stereocenters. The van der Waals surface area contributed by atoms with E-state index in [9.17, 15) is 18.0 Å². The molecule has 200 valence electrons. The van der Waals surface area contributed by atoms with Gasteiger partial charge < -0.3 is 14.8 Å². The van der Waals surface area contributed by atoms with Crippen LogP contribution in [-0.4, -0.2) is 58.1 Å². The van der Waals surface area contributed by atoms with E-state index in [-0.39, 0.29) is 17.3 Å². The molecule has 2 N–H and O–H groups in total. The quantitative estimate of drug-likeness (QED) is 0.270. The number of sulfonamides is 1. The molecule has 0 saturated carbocycles. The summed E-state index contributed by atoms with van der Waals surface area (Å²) in [5.74, 6) is 0.187. The number of carbonyl (C=O) groups excluding carboxylic acids is 2. The molecule has 0 spiro atoms. The summed E-state index contributed by atoms with van der Waals surface area (Å²) in [7, 11) is -0.987. The molecule has 0 heterocycles. The van der Waals surface area contributed by atoms with E-state index in [1.807, 2.05) is 30.3 Å². The Morgan fingerprint density at radius 2 is 1.63 bits per heavy atom. The van der Waals surface area contributed by atoms with Crippen molar-refractivity contribution in [2.45, 2.75) is 18.2 Å². The summed E-state index contributed by atoms with van der Waals surface area (Å²) in [5, 5.41) is 6.55. The van der Waals surface area contributed by atoms with Crippen molar-refractivity contribution in [2.75, 3.05) is 32.6 Å². The van der Waals surface area contributed by atoms with Crippen LogP contribution in [0.3, 0.4) is 0 Å². The molecule has 2 amide bonds. The standard InChI is InChI=1S/C27H30N4O6S/c1-20(32)29-23-10-12-24(13-11-23)38(34,35)31(16-15-21-7-5-4-6-8-21)19-27(33)30-28-18-22-9-14-25(36-2)26(17-22)37-3/h4-14,17-18H,15-16,19H2,1-3H3,(H,29,32)(H,30,33)/b28-18-. The van der Waals surface area contributed by atoms with Crippen molar-refractivity contribution in [1.82, 2.24) is 9.73 Å². The lowest BCUT2D eigenvalue weighted by Gasteiger charge is -2.21. The minimum atomic E-state index is -4.03. The first kappa shape index (κ1) is 28.4. The molecule has 0 saturated heterocycles. The Morgan fingerprint density at radius 1 is 0.947 bits per heavy atom. The second-order valence-corrected chi connectivity index (χ2v) is 10.1. The maximum Gasteiger partial charge on any atom is 0.255 e. The Labute approximate surface area is 222 Å². The maximum atomic E-state index is 13.4. The van der Waals surface area contributed by atoms with Crippen molar-refractivity contribution in [3.63, 3.8) is 0 Å². The van der Waals surface area contributed by atoms with Crippen LogP contribution in [0.2, 0.25) is 0 Å². The highest BCUT2D eigenvalue weighted by molar-refractivity contribution is 7.89. The molecule has 3 aromatic rings. The van der Waals surface area contributed by atoms with Gasteiger partial charge in [0.2, 0.25) is 15.9 Å². The van der Waals surface area contributed by atoms with Crippen LogP contribution in [0, 0.1) is 0 Å². The van der Waals surface area contributed by atoms with Gasteiger partial charge in [-0.25, -0.2) is 13.8 Å². The summed E-state index contributed by atoms with van der Waals surface area (Å²) < 4.78 is 38.5. The van der Waals surface area contributed by atoms with Crippen molar-refractivity contribution < 1.29 is 27.5 Å². The third-order valence-corrected chi connectivity index (χ3v) is 7.29. The summed E-state index contributed by atoms with van der Waals surface area (Å²) >= 11 is 0. The number of carbonyl (C=O) groups is 2. The minimum absolute atomic E-state index is 0.00120. The van der Waals surface area contributed by atoms with Crippen molar-refractivity contribution >= 4 is 33.7 Å². The van der Waals surface area contributed by atoms with E-state index in [0.717, 1.165) is 9.87 Å². The van der Waals surface area contributed by atoms with Gasteiger partial charge in [-0.05, 0) is 60.0 Å². The van der Waals surface area contributed by atoms with Crippen molar-refractivity contribution in [2.24, 2.45) is 5.10 Å². The summed E-state index contributed by atoms with van der Waals surface area (Å²) in [5.41, 5.74) is 4.43. The molecule has 0 aliphatic heterocycles. The van der Waals surface area contributed by atoms with Crippen LogP contribution < -0.4 is 20.2 Å². The average Bonchev–Trinajstić information content (AvgIpc) is 2.91. The first-order valence-electron chi connectivity index (χ1n) is 11.7. The van der Waals surface area contributed by atoms with Gasteiger partial charge in [0.1, 0.15) is 0 Å². The van der Waals surface area contributed by atoms with E-state index in [1.54, 1.807) is 18.2 Å². The topological polar surface area (TPSA) is 126 Å². The predicted octanol–water partition coefficient (Wildman–Crippen LogP) is 3.05. The van der Waals surface area contributed by atoms with E-state index in [0.29, 0.717) is 29.2 Å². The third-order valence-electron chi connectivity index (χ3n) is 5.44. The van der Waals surface area contributed by atoms with Crippen LogP contribution in [0.25, 0.3) is 0 Å². The van der Waals surface area contributed by atoms with Gasteiger partial charge in [0.25, 0.3) is 5.91 Å². The molecule has 0 aromatic heterocycles. The van der Waals surface area contributed by atoms with Gasteiger partial charge in [0.15, 0.2) is 11.5 Å². The Morgan fingerprint density at radius 3 is 2.26 bits per heavy atom. The number of hydrogen-bond acceptors (Lipinski definition) is 7. The number of nitrogens with one attached hydrogen (secondary N) is 2. The number of ether oxygens (including phenoxy) is 2. The summed E-state index contributed by atoms with van der Waals surface area (Å²) in [4.78, 5) is 24.0. The molecule has 0 aliphatic carbocycles. The van der Waals surface area contributed by atoms with Gasteiger partial charge in [-0.2, -0.15) is 9.41 Å². The van der Waals surface area contributed by atoms with Crippen LogP contribution in [0.4, 0.5) is 5.69 Å². The Kier molecular flexibility index (Phi) is 9.97. The Balaban J connectivity index is 1.75. The zero-order chi connectivity index (χ0) is 27.5. The Hall–Kier alpha value is -4.22. The van der Waals surface area contributed by atoms with Gasteiger partial charge in [-0.15, -0.1) is 0 Å². The normalized spacial score (nSPS) is 11.4. The number of hydrazone groups is 1. The zero-order valence-electron chi connectivity index (χ0n) is 21.4. The molecule has 38 heavy (non-hydrogen) atoms. The second kappa shape index (κ2) is 13.4. The summed E-state index contributed by atoms with van der Waals surface area (Å²) in [6.45, 7) is 1.00. The number of amides is 2. The lowest BCUT2D eigenvalue weighted by Crippen LogP contribution is -2.40. The number of benzene rings is 3. The van der Waals surface area contributed by atoms with E-state index >= 15 is 0 Å². The molecule has 0 bridgehead atoms. The van der Waals surface area contributed by atoms with Crippen LogP contribution in [0.15, 0.2) is 82.8 Å². The van der Waals surface area contributed by atoms with Crippen molar-refractivity contribution in [1.29, 1.82) is 0 Å². The van der Waals surface area contributed by atoms with Crippen LogP contribution in [-0.2, 0) is 26.0 Å². The lowest BCUT2D eigenvalue weighted by atomic mass is 10.1. The fourth-order valence-corrected chi connectivity index (χ4v) is 4.95. The van der Waals surface area contributed by atoms with E-state index in [4.69, 9.17) is 9.47 Å². The van der Waals surface area contributed by atoms with E-state index in [1.165, 1.54) is 51.6 Å². The maximum absolute atomic E-state index is 13.4. The highest BCUT2D eigenvalue weighted by Crippen LogP contribution is 2.26. The van der Waals surface area contributed by atoms with E-state index < -0.39 is 22.5 Å². The molecular formula is C27H30N4O6S. The highest BCUT2D eigenvalue weighted by atomic mass is 32.2. The van der Waals surface area contributed by atoms with E-state index in [2.05, 4.69) is 15.8 Å². The van der Waals surface area contributed by atoms with Crippen LogP contribution in [0.1, 0.15) is 18.1 Å². The number of anilines is 1. The Bertz CT molecular complexity index is 1380. The molecule has 3 aromatic carbocycles. The number of hydrogen-bond donors (Lipinski definition) is 2. The van der Waals surface area contributed by atoms with Crippen molar-refractivity contribution in [3.05, 3.63) is 83.9 Å². The smallest absolute Gasteiger partial charge is 0.255 e. The molecule has 10 nitrogen and oxygen atoms in total. The largest absolute Gasteiger partial charge is 0.493 e. The molecule has 11 heteroatoms. The van der Waals surface area contributed by atoms with Gasteiger partial charge >= 0.3 is 0 Å². The minimum Gasteiger partial charge on any atom is -0.493 e. The molecular weight excluding hydrogens is 508 g/mol. The SMILES string of the molecule is COc1ccc(/C=N\NC(=O)CN(CCc2ccccc2)S(=O)(=O)c2ccc(NC(C)=O)cc2)cc1OC. The molecule has 0 fully saturated rings. The fraction of sp³-hybridized carbons (Fsp3) is 0.222. The summed E-state index contributed by atoms with van der Waals surface area (Å²) in [6, 6.07) is 20.3. The monoisotopic (exact) mass is 538 g/mol. The molecule has 3 rings (SSSR count). The summed E-state index contributed by atoms with van der Waals surface area (Å²) in [6.07, 6.45) is 1.83. The number of rotatable bonds is 12. The lowest BCUT2D eigenvalue weighted by molar-refractivity contribution is -0.121. The van der Waals surface area contributed by atoms with Gasteiger partial charge in [-0.3, -0.25) is 9.59 Å². The fourth-order valence-electron chi connectivity index (χ4n) is 3.55. The first-order valence-corrected chi connectivity index (χ1v) is 13.1. The molecule has 0 radical (unpaired) electrons. The van der Waals surface area contributed by atoms with Crippen LogP contribution >= 0.6 is 0 Å². The molecule has 0 aliphatic rings. The van der Waals surface area contributed by atoms with Crippen molar-refractivity contribution in [3.8, 4) is 11.5 Å². The van der Waals surface area contributed by atoms with Gasteiger partial charge in [-0.1, -0.05) is 30.3 Å². The average molecular weight is 539 g/mol.